The van der Waals surface area contributed by atoms with Crippen LogP contribution in [0.5, 0.6) is 0 Å². The fourth-order valence-corrected chi connectivity index (χ4v) is 6.71. The molecule has 0 unspecified atom stereocenters. The average molecular weight is 546 g/mol. The summed E-state index contributed by atoms with van der Waals surface area (Å²) in [5, 5.41) is 16.5. The van der Waals surface area contributed by atoms with Crippen molar-refractivity contribution in [1.82, 2.24) is 25.9 Å². The Bertz CT molecular complexity index is 1330. The number of aromatic nitrogens is 4. The molecule has 1 amide bonds. The molecule has 2 aromatic heterocycles. The molecule has 0 spiro atoms. The smallest absolute Gasteiger partial charge is 0.344 e. The molecule has 0 radical (unpaired) electrons. The van der Waals surface area contributed by atoms with E-state index in [0.717, 1.165) is 57.0 Å². The van der Waals surface area contributed by atoms with E-state index in [1.165, 1.54) is 23.5 Å². The van der Waals surface area contributed by atoms with Crippen molar-refractivity contribution in [2.45, 2.75) is 56.5 Å². The van der Waals surface area contributed by atoms with Gasteiger partial charge in [-0.05, 0) is 78.9 Å². The van der Waals surface area contributed by atoms with Gasteiger partial charge in [0.15, 0.2) is 5.82 Å². The Labute approximate surface area is 221 Å². The summed E-state index contributed by atoms with van der Waals surface area (Å²) >= 11 is 3.21. The molecule has 0 bridgehead atoms. The lowest BCUT2D eigenvalue weighted by atomic mass is 9.95. The van der Waals surface area contributed by atoms with E-state index in [1.54, 1.807) is 11.8 Å². The SMILES string of the molecule is CCC[C@@H](Sc1cc(C)c(-c2ccc(C(F)(F)F)cc2)c(C)c1)c1ccc(C(=O)NCc2nn[nH]n2)s1. The highest BCUT2D eigenvalue weighted by molar-refractivity contribution is 7.99. The number of nitrogens with one attached hydrogen (secondary N) is 2. The molecule has 0 saturated carbocycles. The molecule has 1 atom stereocenters. The van der Waals surface area contributed by atoms with Crippen LogP contribution in [0.25, 0.3) is 11.1 Å². The quantitative estimate of drug-likeness (QED) is 0.219. The van der Waals surface area contributed by atoms with E-state index in [4.69, 9.17) is 0 Å². The van der Waals surface area contributed by atoms with E-state index in [1.807, 2.05) is 26.0 Å². The Balaban J connectivity index is 1.50. The minimum atomic E-state index is -4.35. The second-order valence-corrected chi connectivity index (χ2v) is 11.0. The number of hydrogen-bond acceptors (Lipinski definition) is 6. The first-order chi connectivity index (χ1) is 17.7. The van der Waals surface area contributed by atoms with Gasteiger partial charge in [0, 0.05) is 15.0 Å². The molecule has 11 heteroatoms. The van der Waals surface area contributed by atoms with Crippen LogP contribution < -0.4 is 5.32 Å². The maximum atomic E-state index is 13.0. The summed E-state index contributed by atoms with van der Waals surface area (Å²) in [6.45, 7) is 6.29. The number of aryl methyl sites for hydroxylation is 2. The standard InChI is InChI=1S/C26H26F3N5OS2/c1-4-5-20(21-10-11-22(37-21)25(35)30-14-23-31-33-34-32-23)36-19-12-15(2)24(16(3)13-19)17-6-8-18(9-7-17)26(27,28)29/h6-13,20H,4-5,14H2,1-3H3,(H,30,35)(H,31,32,33,34)/t20-/m1/s1. The summed E-state index contributed by atoms with van der Waals surface area (Å²) in [5.41, 5.74) is 3.07. The third-order valence-electron chi connectivity index (χ3n) is 5.80. The highest BCUT2D eigenvalue weighted by atomic mass is 32.2. The predicted molar refractivity (Wildman–Crippen MR) is 140 cm³/mol. The fourth-order valence-electron chi connectivity index (χ4n) is 4.11. The van der Waals surface area contributed by atoms with Crippen LogP contribution in [0.15, 0.2) is 53.4 Å². The molecule has 0 fully saturated rings. The number of halogens is 3. The number of hydrogen-bond donors (Lipinski definition) is 2. The van der Waals surface area contributed by atoms with Gasteiger partial charge in [-0.2, -0.15) is 18.4 Å². The van der Waals surface area contributed by atoms with Crippen molar-refractivity contribution in [3.63, 3.8) is 0 Å². The minimum Gasteiger partial charge on any atom is -0.344 e. The molecule has 194 valence electrons. The largest absolute Gasteiger partial charge is 0.416 e. The normalized spacial score (nSPS) is 12.5. The van der Waals surface area contributed by atoms with Crippen LogP contribution in [0.4, 0.5) is 13.2 Å². The number of alkyl halides is 3. The first kappa shape index (κ1) is 26.9. The number of amides is 1. The zero-order valence-corrected chi connectivity index (χ0v) is 22.2. The van der Waals surface area contributed by atoms with E-state index < -0.39 is 11.7 Å². The van der Waals surface area contributed by atoms with Gasteiger partial charge in [-0.3, -0.25) is 4.79 Å². The van der Waals surface area contributed by atoms with Gasteiger partial charge in [-0.15, -0.1) is 33.3 Å². The van der Waals surface area contributed by atoms with E-state index in [9.17, 15) is 18.0 Å². The molecular weight excluding hydrogens is 519 g/mol. The molecule has 2 heterocycles. The summed E-state index contributed by atoms with van der Waals surface area (Å²) < 4.78 is 38.9. The van der Waals surface area contributed by atoms with Gasteiger partial charge in [0.05, 0.1) is 17.0 Å². The Morgan fingerprint density at radius 3 is 2.41 bits per heavy atom. The lowest BCUT2D eigenvalue weighted by Crippen LogP contribution is -2.22. The summed E-state index contributed by atoms with van der Waals surface area (Å²) in [5.74, 6) is 0.226. The van der Waals surface area contributed by atoms with Crippen LogP contribution in [-0.4, -0.2) is 26.5 Å². The molecule has 2 aromatic carbocycles. The summed E-state index contributed by atoms with van der Waals surface area (Å²) in [7, 11) is 0. The van der Waals surface area contributed by atoms with Crippen LogP contribution in [0, 0.1) is 13.8 Å². The number of aromatic amines is 1. The highest BCUT2D eigenvalue weighted by Crippen LogP contribution is 2.43. The summed E-state index contributed by atoms with van der Waals surface area (Å²) in [4.78, 5) is 15.4. The maximum absolute atomic E-state index is 13.0. The molecule has 37 heavy (non-hydrogen) atoms. The van der Waals surface area contributed by atoms with Crippen molar-refractivity contribution in [2.75, 3.05) is 0 Å². The third kappa shape index (κ3) is 6.58. The van der Waals surface area contributed by atoms with Crippen LogP contribution in [0.3, 0.4) is 0 Å². The van der Waals surface area contributed by atoms with Crippen molar-refractivity contribution in [3.05, 3.63) is 80.8 Å². The number of rotatable bonds is 9. The molecule has 0 aliphatic heterocycles. The van der Waals surface area contributed by atoms with Crippen LogP contribution >= 0.6 is 23.1 Å². The zero-order valence-electron chi connectivity index (χ0n) is 20.5. The third-order valence-corrected chi connectivity index (χ3v) is 8.43. The van der Waals surface area contributed by atoms with Gasteiger partial charge in [-0.25, -0.2) is 0 Å². The Kier molecular flexibility index (Phi) is 8.33. The molecule has 2 N–H and O–H groups in total. The monoisotopic (exact) mass is 545 g/mol. The van der Waals surface area contributed by atoms with Gasteiger partial charge in [-0.1, -0.05) is 30.7 Å². The van der Waals surface area contributed by atoms with Gasteiger partial charge in [0.1, 0.15) is 0 Å². The highest BCUT2D eigenvalue weighted by Gasteiger charge is 2.30. The molecule has 4 rings (SSSR count). The second-order valence-electron chi connectivity index (χ2n) is 8.62. The molecule has 0 saturated heterocycles. The number of benzene rings is 2. The number of carbonyl (C=O) groups is 1. The number of carbonyl (C=O) groups excluding carboxylic acids is 1. The lowest BCUT2D eigenvalue weighted by Gasteiger charge is -2.18. The molecule has 0 aliphatic rings. The lowest BCUT2D eigenvalue weighted by molar-refractivity contribution is -0.137. The van der Waals surface area contributed by atoms with Crippen molar-refractivity contribution < 1.29 is 18.0 Å². The Hall–Kier alpha value is -3.18. The van der Waals surface area contributed by atoms with Gasteiger partial charge < -0.3 is 5.32 Å². The topological polar surface area (TPSA) is 83.6 Å². The van der Waals surface area contributed by atoms with Crippen molar-refractivity contribution >= 4 is 29.0 Å². The predicted octanol–water partition coefficient (Wildman–Crippen LogP) is 7.13. The number of tetrazole rings is 1. The Morgan fingerprint density at radius 1 is 1.11 bits per heavy atom. The summed E-state index contributed by atoms with van der Waals surface area (Å²) in [6, 6.07) is 13.3. The van der Waals surface area contributed by atoms with E-state index in [0.29, 0.717) is 10.7 Å². The molecular formula is C26H26F3N5OS2. The Morgan fingerprint density at radius 2 is 1.81 bits per heavy atom. The molecule has 0 aliphatic carbocycles. The molecule has 4 aromatic rings. The number of H-pyrrole nitrogens is 1. The first-order valence-electron chi connectivity index (χ1n) is 11.7. The second kappa shape index (κ2) is 11.5. The van der Waals surface area contributed by atoms with Crippen molar-refractivity contribution in [1.29, 1.82) is 0 Å². The van der Waals surface area contributed by atoms with Crippen molar-refractivity contribution in [3.8, 4) is 11.1 Å². The first-order valence-corrected chi connectivity index (χ1v) is 13.4. The number of thiophene rings is 1. The van der Waals surface area contributed by atoms with Crippen molar-refractivity contribution in [2.24, 2.45) is 0 Å². The van der Waals surface area contributed by atoms with Gasteiger partial charge >= 0.3 is 6.18 Å². The fraction of sp³-hybridized carbons (Fsp3) is 0.308. The van der Waals surface area contributed by atoms with Gasteiger partial charge in [0.2, 0.25) is 0 Å². The van der Waals surface area contributed by atoms with Crippen LogP contribution in [0.1, 0.15) is 62.1 Å². The number of thioether (sulfide) groups is 1. The summed E-state index contributed by atoms with van der Waals surface area (Å²) in [6.07, 6.45) is -2.43. The van der Waals surface area contributed by atoms with Crippen LogP contribution in [0.2, 0.25) is 0 Å². The molecule has 6 nitrogen and oxygen atoms in total. The average Bonchev–Trinajstić information content (AvgIpc) is 3.54. The maximum Gasteiger partial charge on any atom is 0.416 e. The van der Waals surface area contributed by atoms with Gasteiger partial charge in [0.25, 0.3) is 5.91 Å². The zero-order chi connectivity index (χ0) is 26.6. The van der Waals surface area contributed by atoms with E-state index in [2.05, 4.69) is 45.0 Å². The minimum absolute atomic E-state index is 0.171. The van der Waals surface area contributed by atoms with E-state index in [-0.39, 0.29) is 17.7 Å². The van der Waals surface area contributed by atoms with E-state index >= 15 is 0 Å². The van der Waals surface area contributed by atoms with Crippen LogP contribution in [-0.2, 0) is 12.7 Å². The number of nitrogens with zero attached hydrogens (tertiary/aromatic N) is 3.